The van der Waals surface area contributed by atoms with Gasteiger partial charge in [-0.25, -0.2) is 4.98 Å². The average molecular weight is 403 g/mol. The van der Waals surface area contributed by atoms with E-state index >= 15 is 0 Å². The lowest BCUT2D eigenvalue weighted by molar-refractivity contribution is 0.138. The second kappa shape index (κ2) is 10.8. The SMILES string of the molecule is CN=C(NCc1ccc(N2CCN(C)CC2)nc1)NCC1(CCOC)CCCC1. The Hall–Kier alpha value is -1.86. The van der Waals surface area contributed by atoms with E-state index in [-0.39, 0.29) is 0 Å². The van der Waals surface area contributed by atoms with Crippen LogP contribution in [0.4, 0.5) is 5.82 Å². The van der Waals surface area contributed by atoms with E-state index in [0.29, 0.717) is 5.41 Å². The van der Waals surface area contributed by atoms with Gasteiger partial charge in [0, 0.05) is 66.2 Å². The third-order valence-electron chi connectivity index (χ3n) is 6.45. The second-order valence-electron chi connectivity index (χ2n) is 8.54. The number of nitrogens with one attached hydrogen (secondary N) is 2. The van der Waals surface area contributed by atoms with Crippen molar-refractivity contribution in [3.05, 3.63) is 23.9 Å². The molecule has 0 bridgehead atoms. The first-order chi connectivity index (χ1) is 14.1. The maximum atomic E-state index is 5.34. The van der Waals surface area contributed by atoms with Crippen LogP contribution < -0.4 is 15.5 Å². The number of aliphatic imine (C=N–C) groups is 1. The summed E-state index contributed by atoms with van der Waals surface area (Å²) < 4.78 is 5.34. The Morgan fingerprint density at radius 2 is 1.93 bits per heavy atom. The number of piperazine rings is 1. The number of likely N-dealkylation sites (N-methyl/N-ethyl adjacent to an activating group) is 1. The van der Waals surface area contributed by atoms with E-state index < -0.39 is 0 Å². The summed E-state index contributed by atoms with van der Waals surface area (Å²) in [7, 11) is 5.80. The van der Waals surface area contributed by atoms with Crippen LogP contribution in [0, 0.1) is 5.41 Å². The molecule has 2 aliphatic rings. The molecular weight excluding hydrogens is 364 g/mol. The molecular formula is C22H38N6O. The Morgan fingerprint density at radius 1 is 1.17 bits per heavy atom. The van der Waals surface area contributed by atoms with Gasteiger partial charge in [0.15, 0.2) is 5.96 Å². The first-order valence-corrected chi connectivity index (χ1v) is 11.0. The molecule has 2 heterocycles. The van der Waals surface area contributed by atoms with Crippen molar-refractivity contribution in [1.82, 2.24) is 20.5 Å². The molecule has 1 saturated heterocycles. The van der Waals surface area contributed by atoms with Crippen LogP contribution in [0.3, 0.4) is 0 Å². The zero-order chi connectivity index (χ0) is 20.5. The lowest BCUT2D eigenvalue weighted by atomic mass is 9.83. The summed E-state index contributed by atoms with van der Waals surface area (Å²) in [6, 6.07) is 4.30. The molecule has 3 rings (SSSR count). The predicted molar refractivity (Wildman–Crippen MR) is 120 cm³/mol. The fourth-order valence-corrected chi connectivity index (χ4v) is 4.38. The minimum atomic E-state index is 0.347. The predicted octanol–water partition coefficient (Wildman–Crippen LogP) is 2.10. The molecule has 1 saturated carbocycles. The molecule has 1 aromatic heterocycles. The highest BCUT2D eigenvalue weighted by molar-refractivity contribution is 5.79. The number of aromatic nitrogens is 1. The number of guanidine groups is 1. The van der Waals surface area contributed by atoms with Gasteiger partial charge in [-0.1, -0.05) is 18.9 Å². The molecule has 29 heavy (non-hydrogen) atoms. The molecule has 2 fully saturated rings. The van der Waals surface area contributed by atoms with Crippen LogP contribution in [-0.2, 0) is 11.3 Å². The molecule has 2 N–H and O–H groups in total. The van der Waals surface area contributed by atoms with Gasteiger partial charge in [-0.15, -0.1) is 0 Å². The van der Waals surface area contributed by atoms with E-state index in [1.165, 1.54) is 31.2 Å². The lowest BCUT2D eigenvalue weighted by Gasteiger charge is -2.33. The van der Waals surface area contributed by atoms with Gasteiger partial charge in [0.05, 0.1) is 0 Å². The number of hydrogen-bond donors (Lipinski definition) is 2. The Kier molecular flexibility index (Phi) is 8.12. The number of anilines is 1. The average Bonchev–Trinajstić information content (AvgIpc) is 3.22. The van der Waals surface area contributed by atoms with Crippen molar-refractivity contribution in [2.75, 3.05) is 65.4 Å². The number of pyridine rings is 1. The van der Waals surface area contributed by atoms with Gasteiger partial charge in [-0.3, -0.25) is 4.99 Å². The number of nitrogens with zero attached hydrogens (tertiary/aromatic N) is 4. The number of ether oxygens (including phenoxy) is 1. The maximum absolute atomic E-state index is 5.34. The molecule has 0 unspecified atom stereocenters. The standard InChI is InChI=1S/C22H38N6O/c1-23-21(26-18-22(10-15-29-3)8-4-5-9-22)25-17-19-6-7-20(24-16-19)28-13-11-27(2)12-14-28/h6-7,16H,4-5,8-15,17-18H2,1-3H3,(H2,23,25,26). The van der Waals surface area contributed by atoms with Gasteiger partial charge >= 0.3 is 0 Å². The summed E-state index contributed by atoms with van der Waals surface area (Å²) in [4.78, 5) is 13.8. The Labute approximate surface area is 175 Å². The minimum Gasteiger partial charge on any atom is -0.385 e. The summed E-state index contributed by atoms with van der Waals surface area (Å²) >= 11 is 0. The smallest absolute Gasteiger partial charge is 0.191 e. The molecule has 0 amide bonds. The van der Waals surface area contributed by atoms with E-state index in [0.717, 1.165) is 64.1 Å². The van der Waals surface area contributed by atoms with Crippen molar-refractivity contribution in [1.29, 1.82) is 0 Å². The first-order valence-electron chi connectivity index (χ1n) is 11.0. The fraction of sp³-hybridized carbons (Fsp3) is 0.727. The zero-order valence-corrected chi connectivity index (χ0v) is 18.4. The summed E-state index contributed by atoms with van der Waals surface area (Å²) in [6.07, 6.45) is 8.29. The van der Waals surface area contributed by atoms with Crippen LogP contribution in [0.25, 0.3) is 0 Å². The molecule has 1 aliphatic carbocycles. The maximum Gasteiger partial charge on any atom is 0.191 e. The van der Waals surface area contributed by atoms with E-state index in [2.05, 4.69) is 49.6 Å². The number of rotatable bonds is 8. The van der Waals surface area contributed by atoms with Crippen molar-refractivity contribution >= 4 is 11.8 Å². The van der Waals surface area contributed by atoms with E-state index in [1.54, 1.807) is 7.11 Å². The van der Waals surface area contributed by atoms with E-state index in [4.69, 9.17) is 4.74 Å². The molecule has 1 aliphatic heterocycles. The van der Waals surface area contributed by atoms with Crippen LogP contribution in [0.15, 0.2) is 23.3 Å². The van der Waals surface area contributed by atoms with Crippen LogP contribution in [-0.4, -0.2) is 76.4 Å². The van der Waals surface area contributed by atoms with Crippen molar-refractivity contribution < 1.29 is 4.74 Å². The highest BCUT2D eigenvalue weighted by Gasteiger charge is 2.33. The van der Waals surface area contributed by atoms with Gasteiger partial charge in [-0.2, -0.15) is 0 Å². The highest BCUT2D eigenvalue weighted by Crippen LogP contribution is 2.40. The van der Waals surface area contributed by atoms with Gasteiger partial charge in [0.2, 0.25) is 0 Å². The molecule has 0 aromatic carbocycles. The normalized spacial score (nSPS) is 20.1. The van der Waals surface area contributed by atoms with Crippen LogP contribution >= 0.6 is 0 Å². The van der Waals surface area contributed by atoms with Gasteiger partial charge in [0.1, 0.15) is 5.82 Å². The van der Waals surface area contributed by atoms with Crippen molar-refractivity contribution in [3.8, 4) is 0 Å². The first kappa shape index (κ1) is 21.8. The van der Waals surface area contributed by atoms with Crippen LogP contribution in [0.2, 0.25) is 0 Å². The van der Waals surface area contributed by atoms with E-state index in [9.17, 15) is 0 Å². The number of hydrogen-bond acceptors (Lipinski definition) is 5. The molecule has 0 spiro atoms. The summed E-state index contributed by atoms with van der Waals surface area (Å²) in [5.41, 5.74) is 1.51. The largest absolute Gasteiger partial charge is 0.385 e. The van der Waals surface area contributed by atoms with Crippen LogP contribution in [0.1, 0.15) is 37.7 Å². The van der Waals surface area contributed by atoms with Gasteiger partial charge in [0.25, 0.3) is 0 Å². The molecule has 162 valence electrons. The third-order valence-corrected chi connectivity index (χ3v) is 6.45. The Morgan fingerprint density at radius 3 is 2.55 bits per heavy atom. The van der Waals surface area contributed by atoms with Crippen molar-refractivity contribution in [2.24, 2.45) is 10.4 Å². The van der Waals surface area contributed by atoms with Crippen LogP contribution in [0.5, 0.6) is 0 Å². The zero-order valence-electron chi connectivity index (χ0n) is 18.4. The Bertz CT molecular complexity index is 633. The lowest BCUT2D eigenvalue weighted by Crippen LogP contribution is -2.44. The van der Waals surface area contributed by atoms with Gasteiger partial charge in [-0.05, 0) is 43.4 Å². The molecule has 0 atom stereocenters. The molecule has 7 heteroatoms. The number of methoxy groups -OCH3 is 1. The monoisotopic (exact) mass is 402 g/mol. The summed E-state index contributed by atoms with van der Waals surface area (Å²) in [5.74, 6) is 1.93. The van der Waals surface area contributed by atoms with Gasteiger partial charge < -0.3 is 25.2 Å². The quantitative estimate of drug-likeness (QED) is 0.513. The molecule has 0 radical (unpaired) electrons. The minimum absolute atomic E-state index is 0.347. The summed E-state index contributed by atoms with van der Waals surface area (Å²) in [5, 5.41) is 6.98. The summed E-state index contributed by atoms with van der Waals surface area (Å²) in [6.45, 7) is 6.79. The fourth-order valence-electron chi connectivity index (χ4n) is 4.38. The Balaban J connectivity index is 1.46. The highest BCUT2D eigenvalue weighted by atomic mass is 16.5. The topological polar surface area (TPSA) is 65.0 Å². The molecule has 1 aromatic rings. The third kappa shape index (κ3) is 6.31. The van der Waals surface area contributed by atoms with Crippen molar-refractivity contribution in [2.45, 2.75) is 38.6 Å². The van der Waals surface area contributed by atoms with E-state index in [1.807, 2.05) is 13.2 Å². The second-order valence-corrected chi connectivity index (χ2v) is 8.54. The van der Waals surface area contributed by atoms with Crippen molar-refractivity contribution in [3.63, 3.8) is 0 Å². The molecule has 7 nitrogen and oxygen atoms in total.